The summed E-state index contributed by atoms with van der Waals surface area (Å²) in [5.74, 6) is 1.37. The lowest BCUT2D eigenvalue weighted by atomic mass is 9.44. The van der Waals surface area contributed by atoms with Crippen LogP contribution in [0.3, 0.4) is 0 Å². The van der Waals surface area contributed by atoms with Crippen molar-refractivity contribution < 1.29 is 29.1 Å². The van der Waals surface area contributed by atoms with Gasteiger partial charge in [-0.3, -0.25) is 9.59 Å². The van der Waals surface area contributed by atoms with E-state index < -0.39 is 6.09 Å². The zero-order chi connectivity index (χ0) is 27.8. The van der Waals surface area contributed by atoms with Gasteiger partial charge in [-0.05, 0) is 73.7 Å². The normalized spacial score (nSPS) is 36.4. The van der Waals surface area contributed by atoms with Crippen molar-refractivity contribution >= 4 is 23.6 Å². The SMILES string of the molecule is CN(CCC(=O)O[C@H]1CC[C@@]2(C)C(C1)/C(=N/O)C[C@@H]1[C@@H]2CC[C@]2(C)C(=O)CC[C@@H]12)C(=O)OCc1ccccc1. The molecule has 1 aromatic rings. The van der Waals surface area contributed by atoms with Gasteiger partial charge in [0.15, 0.2) is 0 Å². The summed E-state index contributed by atoms with van der Waals surface area (Å²) in [5.41, 5.74) is 1.47. The van der Waals surface area contributed by atoms with Crippen LogP contribution in [0.25, 0.3) is 0 Å². The molecule has 4 fully saturated rings. The molecule has 1 unspecified atom stereocenters. The third-order valence-corrected chi connectivity index (χ3v) is 10.7. The summed E-state index contributed by atoms with van der Waals surface area (Å²) >= 11 is 0. The quantitative estimate of drug-likeness (QED) is 0.287. The van der Waals surface area contributed by atoms with Crippen LogP contribution in [0.1, 0.15) is 77.2 Å². The van der Waals surface area contributed by atoms with E-state index in [9.17, 15) is 19.6 Å². The minimum atomic E-state index is -0.479. The molecule has 0 aliphatic heterocycles. The Hall–Kier alpha value is -2.90. The molecule has 4 saturated carbocycles. The highest BCUT2D eigenvalue weighted by Crippen LogP contribution is 2.65. The molecule has 8 heteroatoms. The number of nitrogens with zero attached hydrogens (tertiary/aromatic N) is 2. The third-order valence-electron chi connectivity index (χ3n) is 10.7. The van der Waals surface area contributed by atoms with Crippen molar-refractivity contribution in [1.82, 2.24) is 4.90 Å². The molecule has 1 amide bonds. The van der Waals surface area contributed by atoms with Gasteiger partial charge in [-0.15, -0.1) is 0 Å². The van der Waals surface area contributed by atoms with Crippen LogP contribution in [0, 0.1) is 34.5 Å². The Morgan fingerprint density at radius 1 is 1.10 bits per heavy atom. The third kappa shape index (κ3) is 5.19. The Kier molecular flexibility index (Phi) is 7.75. The predicted molar refractivity (Wildman–Crippen MR) is 145 cm³/mol. The van der Waals surface area contributed by atoms with E-state index in [4.69, 9.17) is 9.47 Å². The van der Waals surface area contributed by atoms with Gasteiger partial charge in [-0.2, -0.15) is 0 Å². The van der Waals surface area contributed by atoms with E-state index >= 15 is 0 Å². The summed E-state index contributed by atoms with van der Waals surface area (Å²) < 4.78 is 11.2. The van der Waals surface area contributed by atoms with Crippen molar-refractivity contribution in [3.63, 3.8) is 0 Å². The van der Waals surface area contributed by atoms with E-state index in [1.54, 1.807) is 7.05 Å². The average Bonchev–Trinajstić information content (AvgIpc) is 3.25. The molecule has 5 rings (SSSR count). The first-order valence-corrected chi connectivity index (χ1v) is 14.5. The largest absolute Gasteiger partial charge is 0.462 e. The number of esters is 1. The van der Waals surface area contributed by atoms with Gasteiger partial charge in [-0.25, -0.2) is 4.79 Å². The molecule has 39 heavy (non-hydrogen) atoms. The number of benzene rings is 1. The summed E-state index contributed by atoms with van der Waals surface area (Å²) in [6, 6.07) is 9.46. The second kappa shape index (κ2) is 10.9. The van der Waals surface area contributed by atoms with E-state index in [-0.39, 0.29) is 48.4 Å². The minimum absolute atomic E-state index is 0.0247. The van der Waals surface area contributed by atoms with Gasteiger partial charge in [0.25, 0.3) is 0 Å². The maximum Gasteiger partial charge on any atom is 0.409 e. The van der Waals surface area contributed by atoms with Crippen LogP contribution in [0.2, 0.25) is 0 Å². The van der Waals surface area contributed by atoms with Crippen molar-refractivity contribution in [3.05, 3.63) is 35.9 Å². The van der Waals surface area contributed by atoms with Crippen LogP contribution >= 0.6 is 0 Å². The van der Waals surface area contributed by atoms with Crippen LogP contribution in [-0.2, 0) is 25.7 Å². The zero-order valence-corrected chi connectivity index (χ0v) is 23.4. The van der Waals surface area contributed by atoms with Crippen LogP contribution in [0.4, 0.5) is 4.79 Å². The molecule has 0 radical (unpaired) electrons. The predicted octanol–water partition coefficient (Wildman–Crippen LogP) is 5.61. The number of oxime groups is 1. The topological polar surface area (TPSA) is 106 Å². The first-order valence-electron chi connectivity index (χ1n) is 14.5. The maximum atomic E-state index is 12.7. The summed E-state index contributed by atoms with van der Waals surface area (Å²) in [5, 5.41) is 13.8. The molecule has 212 valence electrons. The molecule has 0 spiro atoms. The minimum Gasteiger partial charge on any atom is -0.462 e. The Morgan fingerprint density at radius 2 is 1.87 bits per heavy atom. The number of carbonyl (C=O) groups excluding carboxylic acids is 3. The highest BCUT2D eigenvalue weighted by Gasteiger charge is 2.62. The molecular formula is C31H42N2O6. The first-order chi connectivity index (χ1) is 18.7. The summed E-state index contributed by atoms with van der Waals surface area (Å²) in [6.07, 6.45) is 6.04. The fourth-order valence-corrected chi connectivity index (χ4v) is 8.44. The smallest absolute Gasteiger partial charge is 0.409 e. The summed E-state index contributed by atoms with van der Waals surface area (Å²) in [6.45, 7) is 4.88. The van der Waals surface area contributed by atoms with Crippen LogP contribution in [0.5, 0.6) is 0 Å². The molecule has 4 aliphatic rings. The van der Waals surface area contributed by atoms with Crippen LogP contribution in [0.15, 0.2) is 35.5 Å². The average molecular weight is 539 g/mol. The van der Waals surface area contributed by atoms with Gasteiger partial charge >= 0.3 is 12.1 Å². The number of rotatable bonds is 6. The second-order valence-electron chi connectivity index (χ2n) is 12.7. The molecule has 0 heterocycles. The standard InChI is InChI=1S/C31H42N2O6/c1-30-14-11-21(39-28(35)13-16-33(3)29(36)38-19-20-7-5-4-6-8-20)17-25(30)26(32-37)18-22-23-9-10-27(34)31(23,2)15-12-24(22)30/h4-8,21-25,37H,9-19H2,1-3H3/b32-26+/t21-,22-,23-,24-,25?,30+,31-/m0/s1. The number of ether oxygens (including phenoxy) is 2. The highest BCUT2D eigenvalue weighted by atomic mass is 16.6. The lowest BCUT2D eigenvalue weighted by Gasteiger charge is -2.60. The van der Waals surface area contributed by atoms with E-state index in [2.05, 4.69) is 19.0 Å². The molecule has 1 aromatic carbocycles. The number of fused-ring (bicyclic) bond motifs is 5. The molecule has 7 atom stereocenters. The number of hydrogen-bond acceptors (Lipinski definition) is 7. The van der Waals surface area contributed by atoms with Crippen molar-refractivity contribution in [2.24, 2.45) is 39.7 Å². The number of hydrogen-bond donors (Lipinski definition) is 1. The van der Waals surface area contributed by atoms with Gasteiger partial charge < -0.3 is 19.6 Å². The number of ketones is 1. The molecule has 4 aliphatic carbocycles. The number of carbonyl (C=O) groups is 3. The van der Waals surface area contributed by atoms with Crippen LogP contribution < -0.4 is 0 Å². The number of Topliss-reactive ketones (excluding diaryl/α,β-unsaturated/α-hetero) is 1. The highest BCUT2D eigenvalue weighted by molar-refractivity contribution is 5.90. The van der Waals surface area contributed by atoms with Gasteiger partial charge in [0.05, 0.1) is 12.1 Å². The monoisotopic (exact) mass is 538 g/mol. The fourth-order valence-electron chi connectivity index (χ4n) is 8.44. The summed E-state index contributed by atoms with van der Waals surface area (Å²) in [4.78, 5) is 39.1. The Bertz CT molecular complexity index is 1120. The van der Waals surface area contributed by atoms with Gasteiger partial charge in [0, 0.05) is 31.3 Å². The van der Waals surface area contributed by atoms with Gasteiger partial charge in [0.2, 0.25) is 0 Å². The maximum absolute atomic E-state index is 12.7. The molecule has 8 nitrogen and oxygen atoms in total. The van der Waals surface area contributed by atoms with Crippen molar-refractivity contribution in [2.45, 2.75) is 84.3 Å². The molecular weight excluding hydrogens is 496 g/mol. The van der Waals surface area contributed by atoms with E-state index in [0.29, 0.717) is 36.4 Å². The van der Waals surface area contributed by atoms with Crippen molar-refractivity contribution in [1.29, 1.82) is 0 Å². The molecule has 1 N–H and O–H groups in total. The Morgan fingerprint density at radius 3 is 2.62 bits per heavy atom. The van der Waals surface area contributed by atoms with E-state index in [1.807, 2.05) is 30.3 Å². The van der Waals surface area contributed by atoms with Crippen LogP contribution in [-0.4, -0.2) is 53.4 Å². The lowest BCUT2D eigenvalue weighted by Crippen LogP contribution is -2.57. The van der Waals surface area contributed by atoms with Crippen molar-refractivity contribution in [3.8, 4) is 0 Å². The van der Waals surface area contributed by atoms with Gasteiger partial charge in [-0.1, -0.05) is 49.3 Å². The zero-order valence-electron chi connectivity index (χ0n) is 23.4. The lowest BCUT2D eigenvalue weighted by molar-refractivity contribution is -0.156. The second-order valence-corrected chi connectivity index (χ2v) is 12.7. The van der Waals surface area contributed by atoms with E-state index in [1.165, 1.54) is 4.90 Å². The van der Waals surface area contributed by atoms with E-state index in [0.717, 1.165) is 49.8 Å². The first kappa shape index (κ1) is 27.7. The Balaban J connectivity index is 1.14. The van der Waals surface area contributed by atoms with Gasteiger partial charge in [0.1, 0.15) is 18.5 Å². The number of amides is 1. The fraction of sp³-hybridized carbons (Fsp3) is 0.677. The molecule has 0 bridgehead atoms. The summed E-state index contributed by atoms with van der Waals surface area (Å²) in [7, 11) is 1.61. The Labute approximate surface area is 231 Å². The molecule has 0 saturated heterocycles. The molecule has 0 aromatic heterocycles. The van der Waals surface area contributed by atoms with Crippen molar-refractivity contribution in [2.75, 3.05) is 13.6 Å².